The van der Waals surface area contributed by atoms with Gasteiger partial charge in [-0.05, 0) is 31.0 Å². The van der Waals surface area contributed by atoms with Crippen LogP contribution in [0.3, 0.4) is 0 Å². The lowest BCUT2D eigenvalue weighted by Gasteiger charge is -2.28. The van der Waals surface area contributed by atoms with Crippen molar-refractivity contribution in [2.24, 2.45) is 0 Å². The molecule has 76 valence electrons. The minimum atomic E-state index is -0.732. The van der Waals surface area contributed by atoms with Gasteiger partial charge in [0.1, 0.15) is 6.17 Å². The first-order valence-corrected chi connectivity index (χ1v) is 5.19. The summed E-state index contributed by atoms with van der Waals surface area (Å²) in [5.74, 6) is 0.0949. The number of hydrogen-bond acceptors (Lipinski definition) is 1. The summed E-state index contributed by atoms with van der Waals surface area (Å²) in [6, 6.07) is 8.12. The molecular formula is C12H16FN. The zero-order chi connectivity index (χ0) is 9.97. The zero-order valence-electron chi connectivity index (χ0n) is 8.46. The summed E-state index contributed by atoms with van der Waals surface area (Å²) in [6.07, 6.45) is 0.177. The van der Waals surface area contributed by atoms with Gasteiger partial charge >= 0.3 is 0 Å². The number of nitrogens with one attached hydrogen (secondary N) is 1. The van der Waals surface area contributed by atoms with Gasteiger partial charge in [-0.15, -0.1) is 0 Å². The molecule has 0 saturated carbocycles. The van der Waals surface area contributed by atoms with Crippen molar-refractivity contribution in [1.29, 1.82) is 0 Å². The summed E-state index contributed by atoms with van der Waals surface area (Å²) in [5.41, 5.74) is 2.39. The molecule has 0 aliphatic carbocycles. The fraction of sp³-hybridized carbons (Fsp3) is 0.500. The van der Waals surface area contributed by atoms with E-state index in [9.17, 15) is 4.39 Å². The van der Waals surface area contributed by atoms with E-state index < -0.39 is 6.17 Å². The average molecular weight is 193 g/mol. The second kappa shape index (κ2) is 4.09. The third-order valence-electron chi connectivity index (χ3n) is 3.00. The van der Waals surface area contributed by atoms with Crippen molar-refractivity contribution in [3.8, 4) is 0 Å². The number of alkyl halides is 1. The SMILES string of the molecule is Cc1ccccc1C1CCNCC1F. The van der Waals surface area contributed by atoms with Crippen molar-refractivity contribution in [2.45, 2.75) is 25.4 Å². The molecule has 1 fully saturated rings. The Morgan fingerprint density at radius 2 is 2.14 bits per heavy atom. The maximum Gasteiger partial charge on any atom is 0.119 e. The molecule has 1 aromatic rings. The highest BCUT2D eigenvalue weighted by atomic mass is 19.1. The first kappa shape index (κ1) is 9.66. The molecule has 2 atom stereocenters. The summed E-state index contributed by atoms with van der Waals surface area (Å²) < 4.78 is 13.7. The molecule has 1 aliphatic heterocycles. The van der Waals surface area contributed by atoms with E-state index >= 15 is 0 Å². The van der Waals surface area contributed by atoms with Gasteiger partial charge in [0.15, 0.2) is 0 Å². The molecule has 0 spiro atoms. The summed E-state index contributed by atoms with van der Waals surface area (Å²) in [6.45, 7) is 3.49. The van der Waals surface area contributed by atoms with Gasteiger partial charge in [-0.2, -0.15) is 0 Å². The van der Waals surface area contributed by atoms with Crippen molar-refractivity contribution in [3.05, 3.63) is 35.4 Å². The lowest BCUT2D eigenvalue weighted by molar-refractivity contribution is 0.231. The molecule has 1 aliphatic rings. The van der Waals surface area contributed by atoms with E-state index in [2.05, 4.69) is 24.4 Å². The second-order valence-electron chi connectivity index (χ2n) is 3.97. The lowest BCUT2D eigenvalue weighted by Crippen LogP contribution is -2.36. The van der Waals surface area contributed by atoms with Crippen LogP contribution in [0.2, 0.25) is 0 Å². The largest absolute Gasteiger partial charge is 0.314 e. The highest BCUT2D eigenvalue weighted by Crippen LogP contribution is 2.29. The molecule has 1 nitrogen and oxygen atoms in total. The summed E-state index contributed by atoms with van der Waals surface area (Å²) in [4.78, 5) is 0. The molecule has 2 rings (SSSR count). The van der Waals surface area contributed by atoms with E-state index in [-0.39, 0.29) is 5.92 Å². The summed E-state index contributed by atoms with van der Waals surface area (Å²) in [7, 11) is 0. The van der Waals surface area contributed by atoms with Gasteiger partial charge in [-0.3, -0.25) is 0 Å². The van der Waals surface area contributed by atoms with Crippen LogP contribution in [0, 0.1) is 6.92 Å². The zero-order valence-corrected chi connectivity index (χ0v) is 8.46. The minimum absolute atomic E-state index is 0.0949. The van der Waals surface area contributed by atoms with Gasteiger partial charge in [0.05, 0.1) is 0 Å². The topological polar surface area (TPSA) is 12.0 Å². The lowest BCUT2D eigenvalue weighted by atomic mass is 9.86. The van der Waals surface area contributed by atoms with Crippen LogP contribution >= 0.6 is 0 Å². The van der Waals surface area contributed by atoms with E-state index in [0.29, 0.717) is 6.54 Å². The molecule has 1 N–H and O–H groups in total. The smallest absolute Gasteiger partial charge is 0.119 e. The van der Waals surface area contributed by atoms with Gasteiger partial charge in [-0.1, -0.05) is 24.3 Å². The molecule has 2 unspecified atom stereocenters. The van der Waals surface area contributed by atoms with E-state index in [0.717, 1.165) is 13.0 Å². The Morgan fingerprint density at radius 3 is 2.86 bits per heavy atom. The van der Waals surface area contributed by atoms with Gasteiger partial charge in [-0.25, -0.2) is 4.39 Å². The number of benzene rings is 1. The highest BCUT2D eigenvalue weighted by molar-refractivity contribution is 5.30. The van der Waals surface area contributed by atoms with Crippen LogP contribution in [-0.2, 0) is 0 Å². The predicted octanol–water partition coefficient (Wildman–Crippen LogP) is 2.41. The van der Waals surface area contributed by atoms with Crippen LogP contribution in [0.1, 0.15) is 23.5 Å². The van der Waals surface area contributed by atoms with Crippen LogP contribution in [0.25, 0.3) is 0 Å². The first-order valence-electron chi connectivity index (χ1n) is 5.19. The van der Waals surface area contributed by atoms with Crippen molar-refractivity contribution < 1.29 is 4.39 Å². The van der Waals surface area contributed by atoms with Gasteiger partial charge in [0.25, 0.3) is 0 Å². The van der Waals surface area contributed by atoms with E-state index in [1.54, 1.807) is 0 Å². The average Bonchev–Trinajstić information content (AvgIpc) is 2.20. The normalized spacial score (nSPS) is 27.6. The fourth-order valence-corrected chi connectivity index (χ4v) is 2.17. The molecule has 0 bridgehead atoms. The van der Waals surface area contributed by atoms with Crippen molar-refractivity contribution in [3.63, 3.8) is 0 Å². The van der Waals surface area contributed by atoms with Crippen molar-refractivity contribution in [2.75, 3.05) is 13.1 Å². The molecular weight excluding hydrogens is 177 g/mol. The van der Waals surface area contributed by atoms with E-state index in [1.807, 2.05) is 12.1 Å². The Kier molecular flexibility index (Phi) is 2.82. The molecule has 1 saturated heterocycles. The first-order chi connectivity index (χ1) is 6.79. The molecule has 1 aromatic carbocycles. The predicted molar refractivity (Wildman–Crippen MR) is 56.3 cm³/mol. The van der Waals surface area contributed by atoms with Crippen LogP contribution in [0.5, 0.6) is 0 Å². The van der Waals surface area contributed by atoms with Crippen LogP contribution in [-0.4, -0.2) is 19.3 Å². The standard InChI is InChI=1S/C12H16FN/c1-9-4-2-3-5-10(9)11-6-7-14-8-12(11)13/h2-5,11-12,14H,6-8H2,1H3. The van der Waals surface area contributed by atoms with Crippen LogP contribution < -0.4 is 5.32 Å². The third-order valence-corrected chi connectivity index (χ3v) is 3.00. The maximum atomic E-state index is 13.7. The summed E-state index contributed by atoms with van der Waals surface area (Å²) >= 11 is 0. The molecule has 1 heterocycles. The Labute approximate surface area is 84.3 Å². The highest BCUT2D eigenvalue weighted by Gasteiger charge is 2.26. The monoisotopic (exact) mass is 193 g/mol. The van der Waals surface area contributed by atoms with Crippen LogP contribution in [0.15, 0.2) is 24.3 Å². The molecule has 0 amide bonds. The second-order valence-corrected chi connectivity index (χ2v) is 3.97. The molecule has 14 heavy (non-hydrogen) atoms. The molecule has 0 radical (unpaired) electrons. The Balaban J connectivity index is 2.25. The van der Waals surface area contributed by atoms with E-state index in [1.165, 1.54) is 11.1 Å². The number of rotatable bonds is 1. The number of hydrogen-bond donors (Lipinski definition) is 1. The van der Waals surface area contributed by atoms with Gasteiger partial charge in [0.2, 0.25) is 0 Å². The Morgan fingerprint density at radius 1 is 1.36 bits per heavy atom. The third kappa shape index (κ3) is 1.80. The van der Waals surface area contributed by atoms with Crippen LogP contribution in [0.4, 0.5) is 4.39 Å². The van der Waals surface area contributed by atoms with Gasteiger partial charge in [0, 0.05) is 12.5 Å². The van der Waals surface area contributed by atoms with E-state index in [4.69, 9.17) is 0 Å². The fourth-order valence-electron chi connectivity index (χ4n) is 2.17. The number of piperidine rings is 1. The molecule has 2 heteroatoms. The summed E-state index contributed by atoms with van der Waals surface area (Å²) in [5, 5.41) is 3.08. The van der Waals surface area contributed by atoms with Crippen molar-refractivity contribution in [1.82, 2.24) is 5.32 Å². The minimum Gasteiger partial charge on any atom is -0.314 e. The maximum absolute atomic E-state index is 13.7. The Bertz CT molecular complexity index is 311. The number of halogens is 1. The van der Waals surface area contributed by atoms with Gasteiger partial charge < -0.3 is 5.32 Å². The Hall–Kier alpha value is -0.890. The number of aryl methyl sites for hydroxylation is 1. The quantitative estimate of drug-likeness (QED) is 0.722. The molecule has 0 aromatic heterocycles. The van der Waals surface area contributed by atoms with Crippen molar-refractivity contribution >= 4 is 0 Å².